The molecule has 2 amide bonds. The number of hydrogen-bond donors (Lipinski definition) is 3. The number of nitrogens with two attached hydrogens (primary N) is 1. The average molecular weight is 320 g/mol. The lowest BCUT2D eigenvalue weighted by Crippen LogP contribution is -2.44. The molecule has 0 radical (unpaired) electrons. The van der Waals surface area contributed by atoms with Gasteiger partial charge in [-0.1, -0.05) is 6.07 Å². The number of ether oxygens (including phenoxy) is 1. The zero-order chi connectivity index (χ0) is 17.4. The van der Waals surface area contributed by atoms with E-state index in [1.54, 1.807) is 12.1 Å². The molecule has 23 heavy (non-hydrogen) atoms. The first-order chi connectivity index (χ1) is 10.9. The number of nitrogens with one attached hydrogen (secondary N) is 2. The molecule has 1 aromatic carbocycles. The molecule has 0 aliphatic heterocycles. The molecule has 0 bridgehead atoms. The Morgan fingerprint density at radius 3 is 2.65 bits per heavy atom. The molecule has 8 nitrogen and oxygen atoms in total. The number of carbonyl (C=O) groups is 3. The summed E-state index contributed by atoms with van der Waals surface area (Å²) in [5.41, 5.74) is 12.6. The second kappa shape index (κ2) is 8.62. The van der Waals surface area contributed by atoms with Gasteiger partial charge < -0.3 is 20.6 Å². The topological polar surface area (TPSA) is 135 Å². The van der Waals surface area contributed by atoms with Crippen molar-refractivity contribution in [2.45, 2.75) is 38.8 Å². The second-order valence-electron chi connectivity index (χ2n) is 5.10. The van der Waals surface area contributed by atoms with Crippen molar-refractivity contribution in [3.63, 3.8) is 0 Å². The van der Waals surface area contributed by atoms with Crippen molar-refractivity contribution in [2.75, 3.05) is 0 Å². The van der Waals surface area contributed by atoms with Gasteiger partial charge in [0, 0.05) is 6.42 Å². The minimum absolute atomic E-state index is 0.0670. The van der Waals surface area contributed by atoms with Crippen LogP contribution in [0, 0.1) is 5.53 Å². The van der Waals surface area contributed by atoms with Gasteiger partial charge in [-0.2, -0.15) is 5.11 Å². The molecular formula is C15H20N4O4. The lowest BCUT2D eigenvalue weighted by Gasteiger charge is -2.17. The number of carbonyl (C=O) groups excluding carboxylic acids is 3. The molecule has 0 saturated carbocycles. The summed E-state index contributed by atoms with van der Waals surface area (Å²) in [6, 6.07) is 3.68. The summed E-state index contributed by atoms with van der Waals surface area (Å²) in [7, 11) is 0. The molecule has 0 aliphatic carbocycles. The van der Waals surface area contributed by atoms with Crippen LogP contribution in [0.15, 0.2) is 23.3 Å². The van der Waals surface area contributed by atoms with Crippen LogP contribution in [-0.2, 0) is 9.59 Å². The Labute approximate surface area is 133 Å². The Bertz CT molecular complexity index is 601. The van der Waals surface area contributed by atoms with Crippen LogP contribution in [0.25, 0.3) is 0 Å². The van der Waals surface area contributed by atoms with Gasteiger partial charge in [-0.15, -0.1) is 0 Å². The van der Waals surface area contributed by atoms with Gasteiger partial charge in [0.1, 0.15) is 23.8 Å². The molecule has 1 rings (SSSR count). The van der Waals surface area contributed by atoms with Gasteiger partial charge in [-0.3, -0.25) is 9.59 Å². The molecule has 1 unspecified atom stereocenters. The highest BCUT2D eigenvalue weighted by atomic mass is 16.5. The van der Waals surface area contributed by atoms with Gasteiger partial charge in [0.15, 0.2) is 0 Å². The minimum atomic E-state index is -0.971. The minimum Gasteiger partial charge on any atom is -0.489 e. The Hall–Kier alpha value is -2.77. The molecule has 1 aromatic rings. The number of hydrogen-bond acceptors (Lipinski definition) is 6. The maximum atomic E-state index is 12.3. The van der Waals surface area contributed by atoms with E-state index in [1.165, 1.54) is 6.07 Å². The zero-order valence-electron chi connectivity index (χ0n) is 13.0. The summed E-state index contributed by atoms with van der Waals surface area (Å²) < 4.78 is 5.51. The van der Waals surface area contributed by atoms with Crippen LogP contribution in [-0.4, -0.2) is 30.2 Å². The number of rotatable bonds is 9. The molecule has 0 saturated heterocycles. The van der Waals surface area contributed by atoms with Crippen molar-refractivity contribution in [3.8, 4) is 5.75 Å². The van der Waals surface area contributed by atoms with Crippen LogP contribution < -0.4 is 15.8 Å². The largest absolute Gasteiger partial charge is 0.489 e. The molecule has 0 aromatic heterocycles. The maximum Gasteiger partial charge on any atom is 0.254 e. The van der Waals surface area contributed by atoms with Gasteiger partial charge in [-0.25, -0.2) is 5.53 Å². The Balaban J connectivity index is 3.04. The monoisotopic (exact) mass is 320 g/mol. The van der Waals surface area contributed by atoms with Gasteiger partial charge in [0.2, 0.25) is 5.91 Å². The summed E-state index contributed by atoms with van der Waals surface area (Å²) in [5.74, 6) is -1.05. The number of aldehydes is 1. The molecule has 0 fully saturated rings. The standard InChI is InChI=1S/C15H20N4O4/c1-9(2)23-12-7-3-5-10(13(12)19-17)15(22)18-11(14(16)21)6-4-8-20/h3,5,7-9,11,17H,4,6H2,1-2H3,(H2,16,21)(H,18,22). The van der Waals surface area contributed by atoms with E-state index in [2.05, 4.69) is 10.4 Å². The highest BCUT2D eigenvalue weighted by molar-refractivity contribution is 6.02. The van der Waals surface area contributed by atoms with E-state index < -0.39 is 17.9 Å². The van der Waals surface area contributed by atoms with E-state index in [9.17, 15) is 14.4 Å². The molecule has 0 aliphatic rings. The van der Waals surface area contributed by atoms with Crippen molar-refractivity contribution in [1.82, 2.24) is 5.32 Å². The fourth-order valence-electron chi connectivity index (χ4n) is 1.93. The summed E-state index contributed by atoms with van der Waals surface area (Å²) in [4.78, 5) is 34.1. The smallest absolute Gasteiger partial charge is 0.254 e. The van der Waals surface area contributed by atoms with E-state index >= 15 is 0 Å². The lowest BCUT2D eigenvalue weighted by atomic mass is 10.1. The first-order valence-electron chi connectivity index (χ1n) is 7.11. The third-order valence-corrected chi connectivity index (χ3v) is 2.94. The first-order valence-corrected chi connectivity index (χ1v) is 7.11. The lowest BCUT2D eigenvalue weighted by molar-refractivity contribution is -0.120. The number of nitrogens with zero attached hydrogens (tertiary/aromatic N) is 1. The molecule has 4 N–H and O–H groups in total. The summed E-state index contributed by atoms with van der Waals surface area (Å²) in [5, 5.41) is 5.80. The van der Waals surface area contributed by atoms with E-state index in [4.69, 9.17) is 16.0 Å². The second-order valence-corrected chi connectivity index (χ2v) is 5.10. The first kappa shape index (κ1) is 18.3. The quantitative estimate of drug-likeness (QED) is 0.471. The SMILES string of the molecule is CC(C)Oc1cccc(C(=O)NC(CCC=O)C(N)=O)c1N=N. The van der Waals surface area contributed by atoms with E-state index in [0.717, 1.165) is 0 Å². The van der Waals surface area contributed by atoms with Crippen molar-refractivity contribution < 1.29 is 19.1 Å². The van der Waals surface area contributed by atoms with Crippen molar-refractivity contribution >= 4 is 23.8 Å². The van der Waals surface area contributed by atoms with Crippen LogP contribution >= 0.6 is 0 Å². The predicted octanol–water partition coefficient (Wildman–Crippen LogP) is 1.70. The molecule has 124 valence electrons. The Kier molecular flexibility index (Phi) is 6.85. The number of benzene rings is 1. The number of para-hydroxylation sites is 1. The predicted molar refractivity (Wildman–Crippen MR) is 82.8 cm³/mol. The average Bonchev–Trinajstić information content (AvgIpc) is 2.50. The zero-order valence-corrected chi connectivity index (χ0v) is 13.0. The van der Waals surface area contributed by atoms with Crippen molar-refractivity contribution in [3.05, 3.63) is 23.8 Å². The fraction of sp³-hybridized carbons (Fsp3) is 0.400. The Morgan fingerprint density at radius 1 is 1.43 bits per heavy atom. The normalized spacial score (nSPS) is 11.6. The summed E-state index contributed by atoms with van der Waals surface area (Å²) in [6.07, 6.45) is 0.698. The third kappa shape index (κ3) is 5.17. The van der Waals surface area contributed by atoms with Crippen LogP contribution in [0.2, 0.25) is 0 Å². The number of amides is 2. The van der Waals surface area contributed by atoms with Crippen LogP contribution in [0.3, 0.4) is 0 Å². The van der Waals surface area contributed by atoms with Crippen LogP contribution in [0.4, 0.5) is 5.69 Å². The molecule has 0 heterocycles. The molecular weight excluding hydrogens is 300 g/mol. The fourth-order valence-corrected chi connectivity index (χ4v) is 1.93. The Morgan fingerprint density at radius 2 is 2.13 bits per heavy atom. The van der Waals surface area contributed by atoms with Gasteiger partial charge in [0.25, 0.3) is 5.91 Å². The molecule has 0 spiro atoms. The molecule has 1 atom stereocenters. The summed E-state index contributed by atoms with van der Waals surface area (Å²) in [6.45, 7) is 3.62. The van der Waals surface area contributed by atoms with Crippen LogP contribution in [0.1, 0.15) is 37.0 Å². The third-order valence-electron chi connectivity index (χ3n) is 2.94. The number of primary amides is 1. The van der Waals surface area contributed by atoms with Crippen molar-refractivity contribution in [1.29, 1.82) is 5.53 Å². The van der Waals surface area contributed by atoms with Crippen molar-refractivity contribution in [2.24, 2.45) is 10.8 Å². The van der Waals surface area contributed by atoms with E-state index in [0.29, 0.717) is 12.0 Å². The van der Waals surface area contributed by atoms with E-state index in [-0.39, 0.29) is 30.2 Å². The van der Waals surface area contributed by atoms with Gasteiger partial charge in [-0.05, 0) is 32.4 Å². The van der Waals surface area contributed by atoms with Gasteiger partial charge in [0.05, 0.1) is 11.7 Å². The molecule has 8 heteroatoms. The van der Waals surface area contributed by atoms with E-state index in [1.807, 2.05) is 13.8 Å². The highest BCUT2D eigenvalue weighted by Crippen LogP contribution is 2.32. The maximum absolute atomic E-state index is 12.3. The van der Waals surface area contributed by atoms with Gasteiger partial charge >= 0.3 is 0 Å². The highest BCUT2D eigenvalue weighted by Gasteiger charge is 2.22. The van der Waals surface area contributed by atoms with Crippen LogP contribution in [0.5, 0.6) is 5.75 Å². The summed E-state index contributed by atoms with van der Waals surface area (Å²) >= 11 is 0.